The molecule has 21 heavy (non-hydrogen) atoms. The van der Waals surface area contributed by atoms with Gasteiger partial charge < -0.3 is 10.2 Å². The third kappa shape index (κ3) is 2.94. The maximum absolute atomic E-state index is 13.0. The van der Waals surface area contributed by atoms with Gasteiger partial charge in [-0.15, -0.1) is 0 Å². The van der Waals surface area contributed by atoms with Crippen molar-refractivity contribution in [1.82, 2.24) is 4.90 Å². The molecule has 0 bridgehead atoms. The molecule has 1 saturated carbocycles. The maximum Gasteiger partial charge on any atom is 0.230 e. The van der Waals surface area contributed by atoms with Crippen molar-refractivity contribution in [2.75, 3.05) is 11.9 Å². The van der Waals surface area contributed by atoms with E-state index in [9.17, 15) is 9.59 Å². The van der Waals surface area contributed by atoms with Crippen LogP contribution in [0.4, 0.5) is 5.69 Å². The zero-order valence-corrected chi connectivity index (χ0v) is 12.6. The molecule has 4 nitrogen and oxygen atoms in total. The van der Waals surface area contributed by atoms with Crippen LogP contribution in [0.2, 0.25) is 0 Å². The van der Waals surface area contributed by atoms with E-state index in [4.69, 9.17) is 0 Å². The zero-order chi connectivity index (χ0) is 15.0. The highest BCUT2D eigenvalue weighted by molar-refractivity contribution is 6.01. The van der Waals surface area contributed by atoms with Crippen molar-refractivity contribution < 1.29 is 9.59 Å². The topological polar surface area (TPSA) is 49.4 Å². The van der Waals surface area contributed by atoms with Gasteiger partial charge in [-0.05, 0) is 30.4 Å². The summed E-state index contributed by atoms with van der Waals surface area (Å²) in [6, 6.07) is 8.03. The molecule has 0 saturated heterocycles. The van der Waals surface area contributed by atoms with Crippen molar-refractivity contribution in [3.8, 4) is 0 Å². The molecular formula is C17H22N2O2. The van der Waals surface area contributed by atoms with E-state index in [0.29, 0.717) is 12.0 Å². The van der Waals surface area contributed by atoms with Crippen LogP contribution < -0.4 is 5.32 Å². The lowest BCUT2D eigenvalue weighted by atomic mass is 9.89. The molecule has 1 aromatic rings. The zero-order valence-electron chi connectivity index (χ0n) is 12.6. The normalized spacial score (nSPS) is 20.9. The number of carbonyl (C=O) groups excluding carboxylic acids is 2. The molecule has 0 radical (unpaired) electrons. The van der Waals surface area contributed by atoms with Gasteiger partial charge in [-0.3, -0.25) is 9.59 Å². The lowest BCUT2D eigenvalue weighted by Gasteiger charge is -2.31. The molecule has 112 valence electrons. The van der Waals surface area contributed by atoms with Gasteiger partial charge in [0.15, 0.2) is 0 Å². The first-order chi connectivity index (χ1) is 10.1. The molecule has 1 atom stereocenters. The Bertz CT molecular complexity index is 564. The fourth-order valence-electron chi connectivity index (χ4n) is 3.03. The van der Waals surface area contributed by atoms with E-state index in [0.717, 1.165) is 30.6 Å². The summed E-state index contributed by atoms with van der Waals surface area (Å²) < 4.78 is 0. The van der Waals surface area contributed by atoms with Gasteiger partial charge in [0.1, 0.15) is 0 Å². The number of fused-ring (bicyclic) bond motifs is 1. The van der Waals surface area contributed by atoms with E-state index in [1.807, 2.05) is 29.2 Å². The highest BCUT2D eigenvalue weighted by Gasteiger charge is 2.39. The van der Waals surface area contributed by atoms with Crippen molar-refractivity contribution in [3.63, 3.8) is 0 Å². The molecule has 1 N–H and O–H groups in total. The van der Waals surface area contributed by atoms with Crippen LogP contribution in [-0.2, 0) is 9.59 Å². The summed E-state index contributed by atoms with van der Waals surface area (Å²) in [4.78, 5) is 26.9. The van der Waals surface area contributed by atoms with Gasteiger partial charge in [-0.1, -0.05) is 32.0 Å². The third-order valence-corrected chi connectivity index (χ3v) is 4.13. The molecule has 0 aromatic heterocycles. The quantitative estimate of drug-likeness (QED) is 0.925. The molecule has 1 unspecified atom stereocenters. The summed E-state index contributed by atoms with van der Waals surface area (Å²) in [5.74, 6) is 0.178. The van der Waals surface area contributed by atoms with Crippen molar-refractivity contribution >= 4 is 17.5 Å². The molecule has 4 heteroatoms. The van der Waals surface area contributed by atoms with Crippen LogP contribution in [0.25, 0.3) is 0 Å². The van der Waals surface area contributed by atoms with Gasteiger partial charge >= 0.3 is 0 Å². The van der Waals surface area contributed by atoms with E-state index in [-0.39, 0.29) is 24.2 Å². The van der Waals surface area contributed by atoms with Crippen LogP contribution >= 0.6 is 0 Å². The number of carbonyl (C=O) groups is 2. The summed E-state index contributed by atoms with van der Waals surface area (Å²) >= 11 is 0. The van der Waals surface area contributed by atoms with E-state index in [2.05, 4.69) is 19.2 Å². The molecule has 1 aliphatic heterocycles. The number of hydrogen-bond acceptors (Lipinski definition) is 2. The molecule has 1 fully saturated rings. The molecule has 1 aliphatic carbocycles. The van der Waals surface area contributed by atoms with Crippen LogP contribution in [0.5, 0.6) is 0 Å². The number of hydrogen-bond donors (Lipinski definition) is 1. The number of amides is 2. The Morgan fingerprint density at radius 3 is 2.71 bits per heavy atom. The summed E-state index contributed by atoms with van der Waals surface area (Å²) in [7, 11) is 0. The van der Waals surface area contributed by atoms with E-state index < -0.39 is 0 Å². The van der Waals surface area contributed by atoms with Crippen molar-refractivity contribution in [3.05, 3.63) is 29.8 Å². The Hall–Kier alpha value is -1.84. The highest BCUT2D eigenvalue weighted by Crippen LogP contribution is 2.36. The Balaban J connectivity index is 1.88. The predicted molar refractivity (Wildman–Crippen MR) is 82.0 cm³/mol. The van der Waals surface area contributed by atoms with Gasteiger partial charge in [-0.25, -0.2) is 0 Å². The Morgan fingerprint density at radius 2 is 2.05 bits per heavy atom. The standard InChI is InChI=1S/C17H22N2O2/c1-11(2)10-19(12-7-8-12)17(21)14-9-16(20)18-15-6-4-3-5-13(14)15/h3-6,11-12,14H,7-10H2,1-2H3,(H,18,20). The Labute approximate surface area is 125 Å². The van der Waals surface area contributed by atoms with Gasteiger partial charge in [0.05, 0.1) is 5.92 Å². The molecule has 2 amide bonds. The summed E-state index contributed by atoms with van der Waals surface area (Å²) in [5.41, 5.74) is 1.74. The fraction of sp³-hybridized carbons (Fsp3) is 0.529. The summed E-state index contributed by atoms with van der Waals surface area (Å²) in [6.07, 6.45) is 2.45. The first-order valence-corrected chi connectivity index (χ1v) is 7.75. The van der Waals surface area contributed by atoms with Crippen molar-refractivity contribution in [1.29, 1.82) is 0 Å². The first kappa shape index (κ1) is 14.1. The minimum atomic E-state index is -0.325. The first-order valence-electron chi connectivity index (χ1n) is 7.75. The SMILES string of the molecule is CC(C)CN(C(=O)C1CC(=O)Nc2ccccc21)C1CC1. The average molecular weight is 286 g/mol. The summed E-state index contributed by atoms with van der Waals surface area (Å²) in [5, 5.41) is 2.86. The monoisotopic (exact) mass is 286 g/mol. The second-order valence-electron chi connectivity index (χ2n) is 6.51. The average Bonchev–Trinajstić information content (AvgIpc) is 3.27. The van der Waals surface area contributed by atoms with E-state index >= 15 is 0 Å². The molecule has 0 spiro atoms. The Morgan fingerprint density at radius 1 is 1.33 bits per heavy atom. The lowest BCUT2D eigenvalue weighted by molar-refractivity contribution is -0.136. The predicted octanol–water partition coefficient (Wildman–Crippen LogP) is 2.76. The van der Waals surface area contributed by atoms with Gasteiger partial charge in [0.2, 0.25) is 11.8 Å². The molecule has 3 rings (SSSR count). The Kier molecular flexibility index (Phi) is 3.70. The van der Waals surface area contributed by atoms with Crippen LogP contribution in [0, 0.1) is 5.92 Å². The second-order valence-corrected chi connectivity index (χ2v) is 6.51. The molecule has 1 heterocycles. The minimum absolute atomic E-state index is 0.0626. The molecular weight excluding hydrogens is 264 g/mol. The number of para-hydroxylation sites is 1. The molecule has 1 aromatic carbocycles. The van der Waals surface area contributed by atoms with Crippen LogP contribution in [0.1, 0.15) is 44.6 Å². The van der Waals surface area contributed by atoms with Crippen molar-refractivity contribution in [2.24, 2.45) is 5.92 Å². The van der Waals surface area contributed by atoms with Crippen LogP contribution in [0.3, 0.4) is 0 Å². The van der Waals surface area contributed by atoms with E-state index in [1.165, 1.54) is 0 Å². The highest BCUT2D eigenvalue weighted by atomic mass is 16.2. The van der Waals surface area contributed by atoms with Gasteiger partial charge in [0, 0.05) is 24.7 Å². The summed E-state index contributed by atoms with van der Waals surface area (Å²) in [6.45, 7) is 5.04. The number of anilines is 1. The largest absolute Gasteiger partial charge is 0.339 e. The maximum atomic E-state index is 13.0. The van der Waals surface area contributed by atoms with E-state index in [1.54, 1.807) is 0 Å². The smallest absolute Gasteiger partial charge is 0.230 e. The van der Waals surface area contributed by atoms with Crippen molar-refractivity contribution in [2.45, 2.75) is 45.1 Å². The minimum Gasteiger partial charge on any atom is -0.339 e. The third-order valence-electron chi connectivity index (χ3n) is 4.13. The number of benzene rings is 1. The van der Waals surface area contributed by atoms with Gasteiger partial charge in [-0.2, -0.15) is 0 Å². The number of nitrogens with one attached hydrogen (secondary N) is 1. The van der Waals surface area contributed by atoms with Gasteiger partial charge in [0.25, 0.3) is 0 Å². The number of rotatable bonds is 4. The lowest BCUT2D eigenvalue weighted by Crippen LogP contribution is -2.41. The fourth-order valence-corrected chi connectivity index (χ4v) is 3.03. The van der Waals surface area contributed by atoms with Crippen LogP contribution in [0.15, 0.2) is 24.3 Å². The van der Waals surface area contributed by atoms with Crippen LogP contribution in [-0.4, -0.2) is 29.3 Å². The molecule has 2 aliphatic rings. The number of nitrogens with zero attached hydrogens (tertiary/aromatic N) is 1. The second kappa shape index (κ2) is 5.51.